The number of carbonyl (C=O) groups excluding carboxylic acids is 1. The van der Waals surface area contributed by atoms with E-state index in [1.165, 1.54) is 0 Å². The molecule has 0 aliphatic carbocycles. The Hall–Kier alpha value is -3.07. The number of amides is 1. The summed E-state index contributed by atoms with van der Waals surface area (Å²) in [5, 5.41) is 0. The molecular formula is C17H13F7N2O5S. The summed E-state index contributed by atoms with van der Waals surface area (Å²) in [4.78, 5) is 13.5. The molecule has 1 amide bonds. The van der Waals surface area contributed by atoms with Crippen LogP contribution in [0.3, 0.4) is 0 Å². The third kappa shape index (κ3) is 7.88. The normalized spacial score (nSPS) is 12.3. The van der Waals surface area contributed by atoms with Gasteiger partial charge in [-0.3, -0.25) is 10.2 Å². The van der Waals surface area contributed by atoms with Crippen molar-refractivity contribution in [2.45, 2.75) is 17.2 Å². The first kappa shape index (κ1) is 25.2. The van der Waals surface area contributed by atoms with E-state index in [1.807, 2.05) is 0 Å². The Balaban J connectivity index is 2.23. The summed E-state index contributed by atoms with van der Waals surface area (Å²) in [6.45, 7) is -3.59. The van der Waals surface area contributed by atoms with E-state index in [1.54, 1.807) is 10.3 Å². The van der Waals surface area contributed by atoms with E-state index in [0.29, 0.717) is 6.07 Å². The van der Waals surface area contributed by atoms with Gasteiger partial charge in [-0.2, -0.15) is 26.3 Å². The van der Waals surface area contributed by atoms with Gasteiger partial charge in [0.2, 0.25) is 0 Å². The van der Waals surface area contributed by atoms with Crippen molar-refractivity contribution in [1.82, 2.24) is 10.3 Å². The van der Waals surface area contributed by atoms with Crippen molar-refractivity contribution in [2.75, 3.05) is 13.2 Å². The van der Waals surface area contributed by atoms with Crippen LogP contribution in [0.5, 0.6) is 11.5 Å². The lowest BCUT2D eigenvalue weighted by Gasteiger charge is -2.16. The van der Waals surface area contributed by atoms with Crippen molar-refractivity contribution in [2.24, 2.45) is 0 Å². The number of benzene rings is 2. The highest BCUT2D eigenvalue weighted by molar-refractivity contribution is 7.89. The Bertz CT molecular complexity index is 1050. The van der Waals surface area contributed by atoms with Gasteiger partial charge in [-0.25, -0.2) is 12.8 Å². The van der Waals surface area contributed by atoms with Crippen molar-refractivity contribution < 1.29 is 53.4 Å². The van der Waals surface area contributed by atoms with Crippen LogP contribution in [0, 0.1) is 5.82 Å². The number of halogens is 7. The molecule has 7 nitrogen and oxygen atoms in total. The van der Waals surface area contributed by atoms with Gasteiger partial charge in [0.1, 0.15) is 17.3 Å². The van der Waals surface area contributed by atoms with Crippen molar-refractivity contribution in [1.29, 1.82) is 0 Å². The van der Waals surface area contributed by atoms with E-state index in [4.69, 9.17) is 0 Å². The number of hydrogen-bond donors (Lipinski definition) is 2. The first-order chi connectivity index (χ1) is 14.7. The van der Waals surface area contributed by atoms with Crippen LogP contribution < -0.4 is 19.7 Å². The number of hydrogen-bond acceptors (Lipinski definition) is 5. The van der Waals surface area contributed by atoms with Crippen LogP contribution in [0.15, 0.2) is 47.4 Å². The fourth-order valence-electron chi connectivity index (χ4n) is 2.08. The summed E-state index contributed by atoms with van der Waals surface area (Å²) >= 11 is 0. The monoisotopic (exact) mass is 490 g/mol. The summed E-state index contributed by atoms with van der Waals surface area (Å²) in [5.41, 5.74) is 0.926. The molecule has 0 unspecified atom stereocenters. The molecule has 0 saturated carbocycles. The molecule has 0 bridgehead atoms. The van der Waals surface area contributed by atoms with Crippen molar-refractivity contribution in [3.05, 3.63) is 53.8 Å². The quantitative estimate of drug-likeness (QED) is 0.438. The SMILES string of the molecule is O=C(NNS(=O)(=O)c1ccc(F)cc1)c1cc(OCC(F)(F)F)ccc1OCC(F)(F)F. The predicted molar refractivity (Wildman–Crippen MR) is 93.7 cm³/mol. The lowest BCUT2D eigenvalue weighted by molar-refractivity contribution is -0.154. The zero-order valence-electron chi connectivity index (χ0n) is 15.6. The average molecular weight is 490 g/mol. The van der Waals surface area contributed by atoms with E-state index in [0.717, 1.165) is 36.4 Å². The third-order valence-corrected chi connectivity index (χ3v) is 4.68. The Morgan fingerprint density at radius 2 is 1.44 bits per heavy atom. The fraction of sp³-hybridized carbons (Fsp3) is 0.235. The van der Waals surface area contributed by atoms with Gasteiger partial charge >= 0.3 is 12.4 Å². The Kier molecular flexibility index (Phi) is 7.56. The van der Waals surface area contributed by atoms with Gasteiger partial charge in [-0.1, -0.05) is 0 Å². The summed E-state index contributed by atoms with van der Waals surface area (Å²) in [6.07, 6.45) is -9.54. The highest BCUT2D eigenvalue weighted by atomic mass is 32.2. The largest absolute Gasteiger partial charge is 0.484 e. The van der Waals surface area contributed by atoms with Crippen LogP contribution in [-0.4, -0.2) is 39.9 Å². The molecule has 15 heteroatoms. The predicted octanol–water partition coefficient (Wildman–Crippen LogP) is 3.33. The van der Waals surface area contributed by atoms with E-state index < -0.39 is 69.3 Å². The van der Waals surface area contributed by atoms with Gasteiger partial charge in [0.25, 0.3) is 15.9 Å². The highest BCUT2D eigenvalue weighted by Gasteiger charge is 2.31. The van der Waals surface area contributed by atoms with Crippen molar-refractivity contribution in [3.63, 3.8) is 0 Å². The second-order valence-corrected chi connectivity index (χ2v) is 7.66. The van der Waals surface area contributed by atoms with Gasteiger partial charge in [0.15, 0.2) is 13.2 Å². The summed E-state index contributed by atoms with van der Waals surface area (Å²) < 4.78 is 120. The smallest absolute Gasteiger partial charge is 0.422 e. The molecule has 2 aromatic carbocycles. The molecule has 0 saturated heterocycles. The van der Waals surface area contributed by atoms with E-state index in [9.17, 15) is 43.9 Å². The molecule has 176 valence electrons. The zero-order valence-corrected chi connectivity index (χ0v) is 16.4. The molecule has 2 N–H and O–H groups in total. The first-order valence-corrected chi connectivity index (χ1v) is 9.75. The Morgan fingerprint density at radius 1 is 0.875 bits per heavy atom. The maximum atomic E-state index is 12.9. The Morgan fingerprint density at radius 3 is 2.00 bits per heavy atom. The maximum absolute atomic E-state index is 12.9. The van der Waals surface area contributed by atoms with Crippen LogP contribution in [-0.2, 0) is 10.0 Å². The van der Waals surface area contributed by atoms with Crippen molar-refractivity contribution >= 4 is 15.9 Å². The Labute approximate surface area is 176 Å². The van der Waals surface area contributed by atoms with Crippen LogP contribution >= 0.6 is 0 Å². The molecule has 0 fully saturated rings. The number of hydrazine groups is 1. The van der Waals surface area contributed by atoms with Crippen LogP contribution in [0.4, 0.5) is 30.7 Å². The minimum Gasteiger partial charge on any atom is -0.484 e. The summed E-state index contributed by atoms with van der Waals surface area (Å²) in [5.74, 6) is -3.37. The number of sulfonamides is 1. The van der Waals surface area contributed by atoms with Crippen LogP contribution in [0.1, 0.15) is 10.4 Å². The topological polar surface area (TPSA) is 93.7 Å². The van der Waals surface area contributed by atoms with Gasteiger partial charge in [-0.15, -0.1) is 4.83 Å². The fourth-order valence-corrected chi connectivity index (χ4v) is 2.92. The van der Waals surface area contributed by atoms with Gasteiger partial charge < -0.3 is 9.47 Å². The van der Waals surface area contributed by atoms with E-state index in [2.05, 4.69) is 9.47 Å². The zero-order chi connectivity index (χ0) is 24.2. The number of ether oxygens (including phenoxy) is 2. The standard InChI is InChI=1S/C17H13F7N2O5S/c18-10-1-4-12(5-2-10)32(28,29)26-25-15(27)13-7-11(30-8-16(19,20)21)3-6-14(13)31-9-17(22,23)24/h1-7,26H,8-9H2,(H,25,27). The molecule has 2 aromatic rings. The summed E-state index contributed by atoms with van der Waals surface area (Å²) in [6, 6.07) is 5.60. The molecule has 32 heavy (non-hydrogen) atoms. The average Bonchev–Trinajstić information content (AvgIpc) is 2.68. The van der Waals surface area contributed by atoms with E-state index >= 15 is 0 Å². The van der Waals surface area contributed by atoms with E-state index in [-0.39, 0.29) is 0 Å². The molecular weight excluding hydrogens is 477 g/mol. The van der Waals surface area contributed by atoms with Crippen molar-refractivity contribution in [3.8, 4) is 11.5 Å². The molecule has 0 heterocycles. The molecule has 0 radical (unpaired) electrons. The lowest BCUT2D eigenvalue weighted by atomic mass is 10.2. The number of rotatable bonds is 8. The molecule has 0 aliphatic heterocycles. The second kappa shape index (κ2) is 9.60. The number of carbonyl (C=O) groups is 1. The third-order valence-electron chi connectivity index (χ3n) is 3.41. The van der Waals surface area contributed by atoms with Gasteiger partial charge in [0, 0.05) is 0 Å². The van der Waals surface area contributed by atoms with Gasteiger partial charge in [-0.05, 0) is 42.5 Å². The second-order valence-electron chi connectivity index (χ2n) is 5.98. The molecule has 2 rings (SSSR count). The maximum Gasteiger partial charge on any atom is 0.422 e. The first-order valence-electron chi connectivity index (χ1n) is 8.27. The number of alkyl halides is 6. The van der Waals surface area contributed by atoms with Crippen LogP contribution in [0.25, 0.3) is 0 Å². The summed E-state index contributed by atoms with van der Waals surface area (Å²) in [7, 11) is -4.42. The van der Waals surface area contributed by atoms with Gasteiger partial charge in [0.05, 0.1) is 10.5 Å². The minimum atomic E-state index is -4.80. The van der Waals surface area contributed by atoms with Crippen LogP contribution in [0.2, 0.25) is 0 Å². The molecule has 0 spiro atoms. The lowest BCUT2D eigenvalue weighted by Crippen LogP contribution is -2.41. The minimum absolute atomic E-state index is 0.463. The number of nitrogens with one attached hydrogen (secondary N) is 2. The molecule has 0 aliphatic rings. The highest BCUT2D eigenvalue weighted by Crippen LogP contribution is 2.27. The molecule has 0 atom stereocenters. The molecule has 0 aromatic heterocycles.